The van der Waals surface area contributed by atoms with Crippen LogP contribution in [-0.2, 0) is 0 Å². The van der Waals surface area contributed by atoms with Crippen LogP contribution in [0.4, 0.5) is 0 Å². The standard InChI is InChI=1S/C20H19N3O3/c1-26-17-7-3-5-15(11-17)19-13-21-12-18(23-19)14-4-2-6-16(10-14)20(25)22-8-9-24/h2-7,10-13,24H,8-9H2,1H3,(H,22,25). The predicted octanol–water partition coefficient (Wildman–Crippen LogP) is 2.54. The highest BCUT2D eigenvalue weighted by Crippen LogP contribution is 2.24. The van der Waals surface area contributed by atoms with Gasteiger partial charge in [-0.05, 0) is 24.3 Å². The van der Waals surface area contributed by atoms with E-state index in [4.69, 9.17) is 9.84 Å². The van der Waals surface area contributed by atoms with Crippen molar-refractivity contribution in [3.8, 4) is 28.3 Å². The molecule has 26 heavy (non-hydrogen) atoms. The van der Waals surface area contributed by atoms with Gasteiger partial charge >= 0.3 is 0 Å². The van der Waals surface area contributed by atoms with E-state index >= 15 is 0 Å². The van der Waals surface area contributed by atoms with E-state index in [0.717, 1.165) is 22.6 Å². The van der Waals surface area contributed by atoms with Crippen LogP contribution in [0.15, 0.2) is 60.9 Å². The Hall–Kier alpha value is -3.25. The van der Waals surface area contributed by atoms with Gasteiger partial charge in [0.1, 0.15) is 5.75 Å². The highest BCUT2D eigenvalue weighted by Gasteiger charge is 2.09. The van der Waals surface area contributed by atoms with Gasteiger partial charge in [0.25, 0.3) is 5.91 Å². The first-order chi connectivity index (χ1) is 12.7. The first kappa shape index (κ1) is 17.6. The number of nitrogens with one attached hydrogen (secondary N) is 1. The minimum atomic E-state index is -0.238. The highest BCUT2D eigenvalue weighted by molar-refractivity contribution is 5.95. The second kappa shape index (κ2) is 8.22. The molecule has 6 heteroatoms. The van der Waals surface area contributed by atoms with Crippen LogP contribution in [0, 0.1) is 0 Å². The van der Waals surface area contributed by atoms with Crippen LogP contribution in [0.5, 0.6) is 5.75 Å². The van der Waals surface area contributed by atoms with Crippen molar-refractivity contribution in [1.29, 1.82) is 0 Å². The summed E-state index contributed by atoms with van der Waals surface area (Å²) in [4.78, 5) is 21.0. The van der Waals surface area contributed by atoms with Crippen molar-refractivity contribution in [3.63, 3.8) is 0 Å². The predicted molar refractivity (Wildman–Crippen MR) is 98.9 cm³/mol. The van der Waals surface area contributed by atoms with Gasteiger partial charge in [0.2, 0.25) is 0 Å². The monoisotopic (exact) mass is 349 g/mol. The molecule has 0 aliphatic rings. The second-order valence-electron chi connectivity index (χ2n) is 5.58. The van der Waals surface area contributed by atoms with E-state index in [1.807, 2.05) is 30.3 Å². The van der Waals surface area contributed by atoms with Gasteiger partial charge in [-0.15, -0.1) is 0 Å². The number of benzene rings is 2. The molecule has 3 aromatic rings. The maximum atomic E-state index is 12.1. The summed E-state index contributed by atoms with van der Waals surface area (Å²) in [5.41, 5.74) is 3.58. The second-order valence-corrected chi connectivity index (χ2v) is 5.58. The van der Waals surface area contributed by atoms with E-state index in [1.54, 1.807) is 37.7 Å². The fraction of sp³-hybridized carbons (Fsp3) is 0.150. The number of hydrogen-bond acceptors (Lipinski definition) is 5. The Labute approximate surface area is 151 Å². The van der Waals surface area contributed by atoms with Crippen LogP contribution in [0.25, 0.3) is 22.5 Å². The minimum absolute atomic E-state index is 0.0977. The first-order valence-electron chi connectivity index (χ1n) is 8.17. The molecule has 0 unspecified atom stereocenters. The van der Waals surface area contributed by atoms with Crippen molar-refractivity contribution >= 4 is 5.91 Å². The van der Waals surface area contributed by atoms with Gasteiger partial charge < -0.3 is 15.2 Å². The maximum absolute atomic E-state index is 12.1. The average molecular weight is 349 g/mol. The maximum Gasteiger partial charge on any atom is 0.251 e. The van der Waals surface area contributed by atoms with Crippen LogP contribution < -0.4 is 10.1 Å². The summed E-state index contributed by atoms with van der Waals surface area (Å²) < 4.78 is 5.26. The Kier molecular flexibility index (Phi) is 5.56. The average Bonchev–Trinajstić information content (AvgIpc) is 2.72. The molecule has 0 radical (unpaired) electrons. The van der Waals surface area contributed by atoms with Gasteiger partial charge in [0, 0.05) is 23.2 Å². The fourth-order valence-corrected chi connectivity index (χ4v) is 2.52. The number of methoxy groups -OCH3 is 1. The molecule has 1 amide bonds. The van der Waals surface area contributed by atoms with Crippen molar-refractivity contribution in [2.24, 2.45) is 0 Å². The largest absolute Gasteiger partial charge is 0.497 e. The number of aliphatic hydroxyl groups excluding tert-OH is 1. The molecule has 132 valence electrons. The van der Waals surface area contributed by atoms with Gasteiger partial charge in [-0.3, -0.25) is 9.78 Å². The Bertz CT molecular complexity index is 912. The quantitative estimate of drug-likeness (QED) is 0.714. The number of carbonyl (C=O) groups is 1. The van der Waals surface area contributed by atoms with Crippen LogP contribution in [0.1, 0.15) is 10.4 Å². The van der Waals surface area contributed by atoms with Gasteiger partial charge in [0.15, 0.2) is 0 Å². The van der Waals surface area contributed by atoms with E-state index in [9.17, 15) is 4.79 Å². The lowest BCUT2D eigenvalue weighted by Crippen LogP contribution is -2.26. The summed E-state index contributed by atoms with van der Waals surface area (Å²) >= 11 is 0. The highest BCUT2D eigenvalue weighted by atomic mass is 16.5. The van der Waals surface area contributed by atoms with Gasteiger partial charge in [-0.1, -0.05) is 24.3 Å². The number of nitrogens with zero attached hydrogens (tertiary/aromatic N) is 2. The molecule has 0 aliphatic heterocycles. The Morgan fingerprint density at radius 1 is 1.08 bits per heavy atom. The molecular formula is C20H19N3O3. The molecule has 1 heterocycles. The molecule has 0 bridgehead atoms. The summed E-state index contributed by atoms with van der Waals surface area (Å²) in [6.07, 6.45) is 3.35. The van der Waals surface area contributed by atoms with Crippen molar-refractivity contribution in [2.45, 2.75) is 0 Å². The summed E-state index contributed by atoms with van der Waals surface area (Å²) in [7, 11) is 1.62. The molecule has 0 fully saturated rings. The molecule has 0 spiro atoms. The fourth-order valence-electron chi connectivity index (χ4n) is 2.52. The molecular weight excluding hydrogens is 330 g/mol. The van der Waals surface area contributed by atoms with Crippen LogP contribution in [0.2, 0.25) is 0 Å². The zero-order chi connectivity index (χ0) is 18.4. The third-order valence-electron chi connectivity index (χ3n) is 3.82. The normalized spacial score (nSPS) is 10.4. The number of ether oxygens (including phenoxy) is 1. The van der Waals surface area contributed by atoms with E-state index in [2.05, 4.69) is 15.3 Å². The van der Waals surface area contributed by atoms with Crippen molar-refractivity contribution in [1.82, 2.24) is 15.3 Å². The third kappa shape index (κ3) is 4.04. The Balaban J connectivity index is 1.92. The zero-order valence-electron chi connectivity index (χ0n) is 14.3. The third-order valence-corrected chi connectivity index (χ3v) is 3.82. The number of carbonyl (C=O) groups excluding carboxylic acids is 1. The van der Waals surface area contributed by atoms with E-state index in [0.29, 0.717) is 11.3 Å². The summed E-state index contributed by atoms with van der Waals surface area (Å²) in [6, 6.07) is 14.7. The zero-order valence-corrected chi connectivity index (χ0v) is 14.3. The lowest BCUT2D eigenvalue weighted by Gasteiger charge is -2.08. The molecule has 0 atom stereocenters. The van der Waals surface area contributed by atoms with Crippen LogP contribution in [-0.4, -0.2) is 41.2 Å². The minimum Gasteiger partial charge on any atom is -0.497 e. The number of aromatic nitrogens is 2. The molecule has 0 aliphatic carbocycles. The van der Waals surface area contributed by atoms with Gasteiger partial charge in [0.05, 0.1) is 37.5 Å². The lowest BCUT2D eigenvalue weighted by molar-refractivity contribution is 0.0945. The summed E-state index contributed by atoms with van der Waals surface area (Å²) in [6.45, 7) is 0.119. The van der Waals surface area contributed by atoms with Crippen molar-refractivity contribution in [3.05, 3.63) is 66.5 Å². The number of amides is 1. The summed E-state index contributed by atoms with van der Waals surface area (Å²) in [5.74, 6) is 0.509. The van der Waals surface area contributed by atoms with Gasteiger partial charge in [-0.2, -0.15) is 0 Å². The first-order valence-corrected chi connectivity index (χ1v) is 8.17. The Morgan fingerprint density at radius 2 is 1.77 bits per heavy atom. The number of rotatable bonds is 6. The smallest absolute Gasteiger partial charge is 0.251 e. The summed E-state index contributed by atoms with van der Waals surface area (Å²) in [5, 5.41) is 11.5. The van der Waals surface area contributed by atoms with Crippen molar-refractivity contribution < 1.29 is 14.6 Å². The van der Waals surface area contributed by atoms with E-state index in [-0.39, 0.29) is 19.1 Å². The van der Waals surface area contributed by atoms with Crippen LogP contribution >= 0.6 is 0 Å². The lowest BCUT2D eigenvalue weighted by atomic mass is 10.1. The molecule has 6 nitrogen and oxygen atoms in total. The van der Waals surface area contributed by atoms with Gasteiger partial charge in [-0.25, -0.2) is 4.98 Å². The SMILES string of the molecule is COc1cccc(-c2cncc(-c3cccc(C(=O)NCCO)c3)n2)c1. The number of aliphatic hydroxyl groups is 1. The molecule has 0 saturated heterocycles. The molecule has 3 rings (SSSR count). The topological polar surface area (TPSA) is 84.3 Å². The van der Waals surface area contributed by atoms with E-state index < -0.39 is 0 Å². The molecule has 2 aromatic carbocycles. The molecule has 2 N–H and O–H groups in total. The molecule has 1 aromatic heterocycles. The number of hydrogen-bond donors (Lipinski definition) is 2. The Morgan fingerprint density at radius 3 is 2.46 bits per heavy atom. The van der Waals surface area contributed by atoms with Crippen molar-refractivity contribution in [2.75, 3.05) is 20.3 Å². The van der Waals surface area contributed by atoms with E-state index in [1.165, 1.54) is 0 Å². The molecule has 0 saturated carbocycles. The van der Waals surface area contributed by atoms with Crippen LogP contribution in [0.3, 0.4) is 0 Å².